The summed E-state index contributed by atoms with van der Waals surface area (Å²) in [4.78, 5) is 22.4. The first-order valence-corrected chi connectivity index (χ1v) is 12.0. The van der Waals surface area contributed by atoms with Crippen LogP contribution in [0.2, 0.25) is 0 Å². The number of amides is 1. The summed E-state index contributed by atoms with van der Waals surface area (Å²) >= 11 is 1.52. The fourth-order valence-corrected chi connectivity index (χ4v) is 5.16. The van der Waals surface area contributed by atoms with Crippen molar-refractivity contribution < 1.29 is 14.3 Å². The van der Waals surface area contributed by atoms with Gasteiger partial charge in [0, 0.05) is 18.7 Å². The number of benzene rings is 3. The van der Waals surface area contributed by atoms with Gasteiger partial charge in [-0.05, 0) is 43.4 Å². The van der Waals surface area contributed by atoms with E-state index in [1.807, 2.05) is 55.4 Å². The summed E-state index contributed by atoms with van der Waals surface area (Å²) in [5.74, 6) is 1.51. The number of fused-ring (bicyclic) bond motifs is 3. The fraction of sp³-hybridized carbons (Fsp3) is 0.308. The van der Waals surface area contributed by atoms with Gasteiger partial charge in [-0.25, -0.2) is 4.98 Å². The van der Waals surface area contributed by atoms with E-state index in [-0.39, 0.29) is 5.91 Å². The molecule has 170 valence electrons. The molecule has 0 atom stereocenters. The molecule has 0 saturated carbocycles. The molecular weight excluding hydrogens is 434 g/mol. The second-order valence-corrected chi connectivity index (χ2v) is 9.49. The normalized spacial score (nSPS) is 13.1. The molecule has 0 bridgehead atoms. The molecule has 2 heterocycles. The van der Waals surface area contributed by atoms with E-state index in [2.05, 4.69) is 23.1 Å². The maximum Gasteiger partial charge on any atom is 0.233 e. The predicted molar refractivity (Wildman–Crippen MR) is 134 cm³/mol. The average Bonchev–Trinajstić information content (AvgIpc) is 3.22. The Bertz CT molecular complexity index is 1250. The molecule has 0 saturated heterocycles. The van der Waals surface area contributed by atoms with E-state index in [0.29, 0.717) is 31.9 Å². The minimum atomic E-state index is 0.0569. The van der Waals surface area contributed by atoms with Gasteiger partial charge in [0.15, 0.2) is 16.6 Å². The van der Waals surface area contributed by atoms with Gasteiger partial charge in [-0.15, -0.1) is 0 Å². The molecule has 0 N–H and O–H groups in total. The first kappa shape index (κ1) is 21.7. The Morgan fingerprint density at radius 3 is 2.58 bits per heavy atom. The highest BCUT2D eigenvalue weighted by Crippen LogP contribution is 2.39. The smallest absolute Gasteiger partial charge is 0.233 e. The highest BCUT2D eigenvalue weighted by molar-refractivity contribution is 7.22. The lowest BCUT2D eigenvalue weighted by Crippen LogP contribution is -2.34. The first-order valence-electron chi connectivity index (χ1n) is 11.2. The van der Waals surface area contributed by atoms with Crippen LogP contribution in [-0.4, -0.2) is 56.2 Å². The van der Waals surface area contributed by atoms with Gasteiger partial charge in [0.05, 0.1) is 16.6 Å². The topological polar surface area (TPSA) is 54.9 Å². The number of rotatable bonds is 7. The fourth-order valence-electron chi connectivity index (χ4n) is 4.15. The van der Waals surface area contributed by atoms with Gasteiger partial charge in [-0.3, -0.25) is 9.69 Å². The van der Waals surface area contributed by atoms with Gasteiger partial charge >= 0.3 is 0 Å². The highest BCUT2D eigenvalue weighted by atomic mass is 32.1. The van der Waals surface area contributed by atoms with Crippen molar-refractivity contribution in [3.63, 3.8) is 0 Å². The molecule has 7 heteroatoms. The first-order chi connectivity index (χ1) is 16.1. The standard InChI is InChI=1S/C26H27N3O3S/c1-28(2)11-6-12-29(25(30)15-19-9-5-8-18-7-3-4-10-20(18)19)26-27-21-16-22-23(17-24(21)33-26)32-14-13-31-22/h3-5,7-10,16-17H,6,11-15H2,1-2H3. The van der Waals surface area contributed by atoms with Crippen molar-refractivity contribution in [1.82, 2.24) is 9.88 Å². The SMILES string of the molecule is CN(C)CCCN(C(=O)Cc1cccc2ccccc12)c1nc2cc3c(cc2s1)OCCO3. The minimum Gasteiger partial charge on any atom is -0.486 e. The van der Waals surface area contributed by atoms with Crippen molar-refractivity contribution in [2.45, 2.75) is 12.8 Å². The van der Waals surface area contributed by atoms with E-state index >= 15 is 0 Å². The molecule has 33 heavy (non-hydrogen) atoms. The minimum absolute atomic E-state index is 0.0569. The number of carbonyl (C=O) groups excluding carboxylic acids is 1. The lowest BCUT2D eigenvalue weighted by atomic mass is 10.0. The molecule has 6 nitrogen and oxygen atoms in total. The largest absolute Gasteiger partial charge is 0.486 e. The summed E-state index contributed by atoms with van der Waals surface area (Å²) in [6.45, 7) is 2.60. The third-order valence-electron chi connectivity index (χ3n) is 5.78. The van der Waals surface area contributed by atoms with Gasteiger partial charge in [0.2, 0.25) is 5.91 Å². The maximum atomic E-state index is 13.6. The number of anilines is 1. The number of carbonyl (C=O) groups is 1. The van der Waals surface area contributed by atoms with Crippen molar-refractivity contribution in [2.24, 2.45) is 0 Å². The van der Waals surface area contributed by atoms with Crippen LogP contribution in [0.5, 0.6) is 11.5 Å². The number of ether oxygens (including phenoxy) is 2. The monoisotopic (exact) mass is 461 g/mol. The average molecular weight is 462 g/mol. The zero-order chi connectivity index (χ0) is 22.8. The third kappa shape index (κ3) is 4.65. The Morgan fingerprint density at radius 2 is 1.76 bits per heavy atom. The lowest BCUT2D eigenvalue weighted by molar-refractivity contribution is -0.118. The molecule has 4 aromatic rings. The number of hydrogen-bond acceptors (Lipinski definition) is 6. The van der Waals surface area contributed by atoms with Crippen LogP contribution >= 0.6 is 11.3 Å². The number of nitrogens with zero attached hydrogens (tertiary/aromatic N) is 3. The number of hydrogen-bond donors (Lipinski definition) is 0. The summed E-state index contributed by atoms with van der Waals surface area (Å²) < 4.78 is 12.4. The zero-order valence-corrected chi connectivity index (χ0v) is 19.7. The predicted octanol–water partition coefficient (Wildman–Crippen LogP) is 4.75. The molecular formula is C26H27N3O3S. The van der Waals surface area contributed by atoms with Crippen molar-refractivity contribution in [3.05, 3.63) is 60.2 Å². The number of thiazole rings is 1. The van der Waals surface area contributed by atoms with Gasteiger partial charge in [0.25, 0.3) is 0 Å². The van der Waals surface area contributed by atoms with E-state index in [4.69, 9.17) is 14.5 Å². The summed E-state index contributed by atoms with van der Waals surface area (Å²) in [5, 5.41) is 2.98. The molecule has 3 aromatic carbocycles. The Hall–Kier alpha value is -3.16. The lowest BCUT2D eigenvalue weighted by Gasteiger charge is -2.21. The van der Waals surface area contributed by atoms with Crippen LogP contribution in [0.4, 0.5) is 5.13 Å². The molecule has 5 rings (SSSR count). The van der Waals surface area contributed by atoms with Crippen molar-refractivity contribution in [3.8, 4) is 11.5 Å². The molecule has 0 unspecified atom stereocenters. The summed E-state index contributed by atoms with van der Waals surface area (Å²) in [6.07, 6.45) is 1.20. The molecule has 1 aromatic heterocycles. The quantitative estimate of drug-likeness (QED) is 0.398. The van der Waals surface area contributed by atoms with E-state index in [1.165, 1.54) is 11.3 Å². The Morgan fingerprint density at radius 1 is 1.00 bits per heavy atom. The van der Waals surface area contributed by atoms with E-state index in [0.717, 1.165) is 50.4 Å². The summed E-state index contributed by atoms with van der Waals surface area (Å²) in [7, 11) is 4.09. The van der Waals surface area contributed by atoms with Crippen LogP contribution in [0.3, 0.4) is 0 Å². The molecule has 0 aliphatic carbocycles. The summed E-state index contributed by atoms with van der Waals surface area (Å²) in [5.41, 5.74) is 1.86. The van der Waals surface area contributed by atoms with Gasteiger partial charge in [0.1, 0.15) is 13.2 Å². The van der Waals surface area contributed by atoms with Gasteiger partial charge < -0.3 is 14.4 Å². The molecule has 0 spiro atoms. The van der Waals surface area contributed by atoms with Crippen molar-refractivity contribution in [2.75, 3.05) is 45.3 Å². The zero-order valence-electron chi connectivity index (χ0n) is 18.9. The molecule has 1 amide bonds. The molecule has 0 fully saturated rings. The Kier molecular flexibility index (Phi) is 6.15. The number of aromatic nitrogens is 1. The van der Waals surface area contributed by atoms with Crippen LogP contribution in [0.15, 0.2) is 54.6 Å². The van der Waals surface area contributed by atoms with E-state index < -0.39 is 0 Å². The Labute approximate surface area is 197 Å². The molecule has 1 aliphatic rings. The van der Waals surface area contributed by atoms with E-state index in [9.17, 15) is 4.79 Å². The highest BCUT2D eigenvalue weighted by Gasteiger charge is 2.22. The van der Waals surface area contributed by atoms with Crippen LogP contribution in [0.25, 0.3) is 21.0 Å². The van der Waals surface area contributed by atoms with Gasteiger partial charge in [-0.2, -0.15) is 0 Å². The van der Waals surface area contributed by atoms with Crippen LogP contribution < -0.4 is 14.4 Å². The Balaban J connectivity index is 1.46. The molecule has 1 aliphatic heterocycles. The van der Waals surface area contributed by atoms with Crippen LogP contribution in [0.1, 0.15) is 12.0 Å². The van der Waals surface area contributed by atoms with Crippen molar-refractivity contribution in [1.29, 1.82) is 0 Å². The second-order valence-electron chi connectivity index (χ2n) is 8.48. The van der Waals surface area contributed by atoms with Crippen LogP contribution in [0, 0.1) is 0 Å². The second kappa shape index (κ2) is 9.37. The van der Waals surface area contributed by atoms with Crippen molar-refractivity contribution >= 4 is 43.4 Å². The van der Waals surface area contributed by atoms with E-state index in [1.54, 1.807) is 0 Å². The summed E-state index contributed by atoms with van der Waals surface area (Å²) in [6, 6.07) is 18.2. The van der Waals surface area contributed by atoms with Gasteiger partial charge in [-0.1, -0.05) is 53.8 Å². The third-order valence-corrected chi connectivity index (χ3v) is 6.82. The molecule has 0 radical (unpaired) electrons. The van der Waals surface area contributed by atoms with Crippen LogP contribution in [-0.2, 0) is 11.2 Å². The maximum absolute atomic E-state index is 13.6.